The quantitative estimate of drug-likeness (QED) is 0.745. The molecule has 0 fully saturated rings. The van der Waals surface area contributed by atoms with Crippen LogP contribution in [0.2, 0.25) is 10.0 Å². The number of urea groups is 1. The van der Waals surface area contributed by atoms with Gasteiger partial charge in [0.2, 0.25) is 0 Å². The van der Waals surface area contributed by atoms with Crippen molar-refractivity contribution < 1.29 is 14.3 Å². The number of hydrogen-bond acceptors (Lipinski definition) is 3. The van der Waals surface area contributed by atoms with Crippen LogP contribution in [0.5, 0.6) is 0 Å². The number of nitrogens with zero attached hydrogens (tertiary/aromatic N) is 1. The van der Waals surface area contributed by atoms with Gasteiger partial charge in [0.05, 0.1) is 13.5 Å². The number of halogens is 2. The predicted octanol–water partition coefficient (Wildman–Crippen LogP) is 4.59. The van der Waals surface area contributed by atoms with Gasteiger partial charge in [0, 0.05) is 28.8 Å². The molecule has 5 nitrogen and oxygen atoms in total. The smallest absolute Gasteiger partial charge is 0.322 e. The number of ether oxygens (including phenoxy) is 1. The van der Waals surface area contributed by atoms with Crippen molar-refractivity contribution >= 4 is 40.9 Å². The van der Waals surface area contributed by atoms with Crippen LogP contribution in [0.15, 0.2) is 48.5 Å². The second-order valence-corrected chi connectivity index (χ2v) is 6.19. The highest BCUT2D eigenvalue weighted by Crippen LogP contribution is 2.17. The molecule has 2 aromatic rings. The lowest BCUT2D eigenvalue weighted by atomic mass is 10.2. The molecule has 0 saturated carbocycles. The molecule has 132 valence electrons. The molecular weight excluding hydrogens is 363 g/mol. The van der Waals surface area contributed by atoms with Crippen LogP contribution in [0, 0.1) is 0 Å². The molecule has 2 aromatic carbocycles. The first-order chi connectivity index (χ1) is 12.0. The van der Waals surface area contributed by atoms with Crippen LogP contribution in [0.25, 0.3) is 0 Å². The van der Waals surface area contributed by atoms with Crippen LogP contribution in [0.1, 0.15) is 12.0 Å². The van der Waals surface area contributed by atoms with Crippen molar-refractivity contribution in [2.75, 3.05) is 19.0 Å². The Morgan fingerprint density at radius 2 is 1.80 bits per heavy atom. The number of methoxy groups -OCH3 is 1. The zero-order chi connectivity index (χ0) is 18.2. The molecule has 7 heteroatoms. The maximum absolute atomic E-state index is 12.6. The number of hydrogen-bond donors (Lipinski definition) is 1. The van der Waals surface area contributed by atoms with Gasteiger partial charge in [0.25, 0.3) is 0 Å². The number of anilines is 1. The summed E-state index contributed by atoms with van der Waals surface area (Å²) < 4.78 is 4.65. The summed E-state index contributed by atoms with van der Waals surface area (Å²) in [6.45, 7) is 0.558. The Balaban J connectivity index is 2.10. The molecule has 0 heterocycles. The molecule has 0 bridgehead atoms. The summed E-state index contributed by atoms with van der Waals surface area (Å²) in [4.78, 5) is 25.5. The monoisotopic (exact) mass is 380 g/mol. The third-order valence-electron chi connectivity index (χ3n) is 3.46. The largest absolute Gasteiger partial charge is 0.469 e. The van der Waals surface area contributed by atoms with Crippen LogP contribution < -0.4 is 5.32 Å². The summed E-state index contributed by atoms with van der Waals surface area (Å²) >= 11 is 11.8. The van der Waals surface area contributed by atoms with Crippen molar-refractivity contribution in [1.29, 1.82) is 0 Å². The van der Waals surface area contributed by atoms with E-state index in [1.54, 1.807) is 36.4 Å². The van der Waals surface area contributed by atoms with Crippen molar-refractivity contribution in [3.05, 3.63) is 64.1 Å². The topological polar surface area (TPSA) is 58.6 Å². The van der Waals surface area contributed by atoms with Gasteiger partial charge in [-0.05, 0) is 35.9 Å². The fourth-order valence-corrected chi connectivity index (χ4v) is 2.48. The van der Waals surface area contributed by atoms with Gasteiger partial charge in [0.1, 0.15) is 0 Å². The third kappa shape index (κ3) is 6.29. The average Bonchev–Trinajstić information content (AvgIpc) is 2.59. The highest BCUT2D eigenvalue weighted by molar-refractivity contribution is 6.31. The first-order valence-electron chi connectivity index (χ1n) is 7.60. The normalized spacial score (nSPS) is 10.2. The van der Waals surface area contributed by atoms with Gasteiger partial charge >= 0.3 is 12.0 Å². The lowest BCUT2D eigenvalue weighted by Gasteiger charge is -2.23. The second kappa shape index (κ2) is 9.30. The van der Waals surface area contributed by atoms with Crippen LogP contribution >= 0.6 is 23.2 Å². The lowest BCUT2D eigenvalue weighted by Crippen LogP contribution is -2.36. The van der Waals surface area contributed by atoms with E-state index in [1.807, 2.05) is 12.1 Å². The van der Waals surface area contributed by atoms with Crippen molar-refractivity contribution in [2.45, 2.75) is 13.0 Å². The summed E-state index contributed by atoms with van der Waals surface area (Å²) in [6.07, 6.45) is 0.104. The van der Waals surface area contributed by atoms with Crippen molar-refractivity contribution in [3.63, 3.8) is 0 Å². The second-order valence-electron chi connectivity index (χ2n) is 5.31. The highest BCUT2D eigenvalue weighted by Gasteiger charge is 2.16. The van der Waals surface area contributed by atoms with Crippen molar-refractivity contribution in [3.8, 4) is 0 Å². The summed E-state index contributed by atoms with van der Waals surface area (Å²) in [6, 6.07) is 13.7. The van der Waals surface area contributed by atoms with Crippen LogP contribution in [0.4, 0.5) is 10.5 Å². The summed E-state index contributed by atoms with van der Waals surface area (Å²) in [7, 11) is 1.32. The summed E-state index contributed by atoms with van der Waals surface area (Å²) in [5.41, 5.74) is 1.48. The third-order valence-corrected chi connectivity index (χ3v) is 3.95. The molecule has 25 heavy (non-hydrogen) atoms. The first-order valence-corrected chi connectivity index (χ1v) is 8.36. The minimum absolute atomic E-state index is 0.104. The number of esters is 1. The fourth-order valence-electron chi connectivity index (χ4n) is 2.16. The van der Waals surface area contributed by atoms with Crippen LogP contribution in [-0.2, 0) is 16.1 Å². The summed E-state index contributed by atoms with van der Waals surface area (Å²) in [5, 5.41) is 3.92. The Morgan fingerprint density at radius 1 is 1.08 bits per heavy atom. The molecule has 0 saturated heterocycles. The number of carbonyl (C=O) groups excluding carboxylic acids is 2. The molecular formula is C18H18Cl2N2O3. The predicted molar refractivity (Wildman–Crippen MR) is 99.0 cm³/mol. The van der Waals surface area contributed by atoms with E-state index < -0.39 is 0 Å². The molecule has 0 radical (unpaired) electrons. The van der Waals surface area contributed by atoms with E-state index in [0.717, 1.165) is 5.56 Å². The van der Waals surface area contributed by atoms with Crippen LogP contribution in [0.3, 0.4) is 0 Å². The van der Waals surface area contributed by atoms with Gasteiger partial charge in [-0.3, -0.25) is 4.79 Å². The number of carbonyl (C=O) groups is 2. The molecule has 0 aromatic heterocycles. The van der Waals surface area contributed by atoms with Gasteiger partial charge in [-0.25, -0.2) is 4.79 Å². The van der Waals surface area contributed by atoms with E-state index in [-0.39, 0.29) is 25.0 Å². The maximum Gasteiger partial charge on any atom is 0.322 e. The molecule has 0 aliphatic carbocycles. The lowest BCUT2D eigenvalue weighted by molar-refractivity contribution is -0.140. The van der Waals surface area contributed by atoms with Gasteiger partial charge in [-0.1, -0.05) is 41.4 Å². The molecule has 0 atom stereocenters. The molecule has 2 amide bonds. The zero-order valence-electron chi connectivity index (χ0n) is 13.7. The zero-order valence-corrected chi connectivity index (χ0v) is 15.2. The first kappa shape index (κ1) is 19.1. The van der Waals surface area contributed by atoms with E-state index in [1.165, 1.54) is 12.0 Å². The Bertz CT molecular complexity index is 735. The van der Waals surface area contributed by atoms with E-state index in [0.29, 0.717) is 22.3 Å². The number of amides is 2. The Hall–Kier alpha value is -2.24. The fraction of sp³-hybridized carbons (Fsp3) is 0.222. The van der Waals surface area contributed by atoms with Crippen molar-refractivity contribution in [1.82, 2.24) is 4.90 Å². The van der Waals surface area contributed by atoms with Crippen molar-refractivity contribution in [2.24, 2.45) is 0 Å². The molecule has 2 rings (SSSR count). The van der Waals surface area contributed by atoms with Gasteiger partial charge in [0.15, 0.2) is 0 Å². The van der Waals surface area contributed by atoms with E-state index in [2.05, 4.69) is 10.1 Å². The summed E-state index contributed by atoms with van der Waals surface area (Å²) in [5.74, 6) is -0.378. The SMILES string of the molecule is COC(=O)CCN(Cc1ccc(Cl)cc1)C(=O)Nc1cccc(Cl)c1. The Morgan fingerprint density at radius 3 is 2.44 bits per heavy atom. The maximum atomic E-state index is 12.6. The Labute approximate surface area is 156 Å². The molecule has 0 spiro atoms. The number of benzene rings is 2. The van der Waals surface area contributed by atoms with E-state index in [9.17, 15) is 9.59 Å². The molecule has 0 unspecified atom stereocenters. The Kier molecular flexibility index (Phi) is 7.10. The van der Waals surface area contributed by atoms with Gasteiger partial charge in [-0.15, -0.1) is 0 Å². The number of nitrogens with one attached hydrogen (secondary N) is 1. The minimum atomic E-state index is -0.378. The molecule has 0 aliphatic rings. The molecule has 0 aliphatic heterocycles. The van der Waals surface area contributed by atoms with E-state index in [4.69, 9.17) is 23.2 Å². The van der Waals surface area contributed by atoms with Crippen LogP contribution in [-0.4, -0.2) is 30.6 Å². The van der Waals surface area contributed by atoms with E-state index >= 15 is 0 Å². The standard InChI is InChI=1S/C18H18Cl2N2O3/c1-25-17(23)9-10-22(12-13-5-7-14(19)8-6-13)18(24)21-16-4-2-3-15(20)11-16/h2-8,11H,9-10,12H2,1H3,(H,21,24). The van der Waals surface area contributed by atoms with Gasteiger partial charge < -0.3 is 15.0 Å². The highest BCUT2D eigenvalue weighted by atomic mass is 35.5. The average molecular weight is 381 g/mol. The number of rotatable bonds is 6. The molecule has 1 N–H and O–H groups in total. The van der Waals surface area contributed by atoms with Gasteiger partial charge in [-0.2, -0.15) is 0 Å². The minimum Gasteiger partial charge on any atom is -0.469 e.